The van der Waals surface area contributed by atoms with Gasteiger partial charge in [-0.05, 0) is 0 Å². The normalized spacial score (nSPS) is 27.8. The van der Waals surface area contributed by atoms with Gasteiger partial charge in [-0.25, -0.2) is 0 Å². The first-order valence-electron chi connectivity index (χ1n) is 4.51. The molecule has 7 heteroatoms. The van der Waals surface area contributed by atoms with Crippen LogP contribution in [0.5, 0.6) is 0 Å². The number of carbonyl (C=O) groups excluding carboxylic acids is 2. The quantitative estimate of drug-likeness (QED) is 0.495. The topological polar surface area (TPSA) is 81.9 Å². The van der Waals surface area contributed by atoms with Gasteiger partial charge in [0.15, 0.2) is 0 Å². The molecule has 15 heavy (non-hydrogen) atoms. The lowest BCUT2D eigenvalue weighted by Crippen LogP contribution is -2.48. The number of ether oxygens (including phenoxy) is 2. The van der Waals surface area contributed by atoms with E-state index in [4.69, 9.17) is 15.2 Å². The predicted molar refractivity (Wildman–Crippen MR) is 52.3 cm³/mol. The molecule has 2 heterocycles. The summed E-state index contributed by atoms with van der Waals surface area (Å²) in [6.07, 6.45) is 0.160. The van der Waals surface area contributed by atoms with Gasteiger partial charge in [0.1, 0.15) is 18.9 Å². The molecule has 2 saturated heterocycles. The number of rotatable bonds is 3. The largest absolute Gasteiger partial charge is 0.462 e. The van der Waals surface area contributed by atoms with E-state index in [9.17, 15) is 9.59 Å². The van der Waals surface area contributed by atoms with E-state index in [1.165, 1.54) is 0 Å². The van der Waals surface area contributed by atoms with Gasteiger partial charge in [0, 0.05) is 0 Å². The summed E-state index contributed by atoms with van der Waals surface area (Å²) >= 11 is 0. The minimum Gasteiger partial charge on any atom is -0.462 e. The standard InChI is InChI=1S/C8H12N2O4.ClH/c9-2-8(12)13-4-5-3-10-6(11)1-7(10)14-5;/h5,7H,1-4,9H2;1H. The van der Waals surface area contributed by atoms with E-state index in [2.05, 4.69) is 0 Å². The summed E-state index contributed by atoms with van der Waals surface area (Å²) in [4.78, 5) is 23.3. The molecule has 6 nitrogen and oxygen atoms in total. The Kier molecular flexibility index (Phi) is 3.90. The molecule has 0 aromatic carbocycles. The number of esters is 1. The van der Waals surface area contributed by atoms with E-state index < -0.39 is 5.97 Å². The van der Waals surface area contributed by atoms with E-state index in [1.54, 1.807) is 4.90 Å². The summed E-state index contributed by atoms with van der Waals surface area (Å²) in [5.41, 5.74) is 5.07. The van der Waals surface area contributed by atoms with Crippen molar-refractivity contribution in [1.29, 1.82) is 0 Å². The molecule has 0 aromatic rings. The minimum absolute atomic E-state index is 0. The summed E-state index contributed by atoms with van der Waals surface area (Å²) in [6, 6.07) is 0. The van der Waals surface area contributed by atoms with Gasteiger partial charge in [-0.3, -0.25) is 9.59 Å². The summed E-state index contributed by atoms with van der Waals surface area (Å²) in [5, 5.41) is 0. The van der Waals surface area contributed by atoms with E-state index in [0.717, 1.165) is 0 Å². The molecule has 2 rings (SSSR count). The van der Waals surface area contributed by atoms with Crippen molar-refractivity contribution in [2.75, 3.05) is 19.7 Å². The van der Waals surface area contributed by atoms with E-state index in [0.29, 0.717) is 13.0 Å². The van der Waals surface area contributed by atoms with Crippen LogP contribution in [0.2, 0.25) is 0 Å². The van der Waals surface area contributed by atoms with Crippen LogP contribution in [0.15, 0.2) is 0 Å². The highest BCUT2D eigenvalue weighted by Crippen LogP contribution is 2.28. The molecular formula is C8H13ClN2O4. The number of halogens is 1. The van der Waals surface area contributed by atoms with Crippen LogP contribution >= 0.6 is 12.4 Å². The summed E-state index contributed by atoms with van der Waals surface area (Å²) in [7, 11) is 0. The van der Waals surface area contributed by atoms with Crippen LogP contribution in [-0.2, 0) is 19.1 Å². The molecular weight excluding hydrogens is 224 g/mol. The molecule has 1 amide bonds. The van der Waals surface area contributed by atoms with Gasteiger partial charge in [0.25, 0.3) is 0 Å². The Morgan fingerprint density at radius 1 is 1.67 bits per heavy atom. The molecule has 0 spiro atoms. The number of hydrogen-bond acceptors (Lipinski definition) is 5. The molecule has 2 atom stereocenters. The van der Waals surface area contributed by atoms with Crippen molar-refractivity contribution < 1.29 is 19.1 Å². The average molecular weight is 237 g/mol. The number of carbonyl (C=O) groups is 2. The fraction of sp³-hybridized carbons (Fsp3) is 0.750. The Hall–Kier alpha value is -0.850. The fourth-order valence-corrected chi connectivity index (χ4v) is 1.59. The maximum absolute atomic E-state index is 11.0. The summed E-state index contributed by atoms with van der Waals surface area (Å²) in [5.74, 6) is -0.350. The highest BCUT2D eigenvalue weighted by molar-refractivity contribution is 5.85. The molecule has 2 fully saturated rings. The smallest absolute Gasteiger partial charge is 0.319 e. The van der Waals surface area contributed by atoms with Crippen molar-refractivity contribution in [3.63, 3.8) is 0 Å². The molecule has 2 aliphatic rings. The van der Waals surface area contributed by atoms with Gasteiger partial charge >= 0.3 is 5.97 Å². The summed E-state index contributed by atoms with van der Waals surface area (Å²) < 4.78 is 10.2. The highest BCUT2D eigenvalue weighted by Gasteiger charge is 2.45. The Morgan fingerprint density at radius 3 is 2.93 bits per heavy atom. The molecule has 0 radical (unpaired) electrons. The van der Waals surface area contributed by atoms with Crippen molar-refractivity contribution in [3.05, 3.63) is 0 Å². The van der Waals surface area contributed by atoms with Crippen molar-refractivity contribution in [2.24, 2.45) is 5.73 Å². The number of nitrogens with zero attached hydrogens (tertiary/aromatic N) is 1. The third kappa shape index (κ3) is 2.39. The number of amides is 1. The van der Waals surface area contributed by atoms with Gasteiger partial charge in [0.05, 0.1) is 19.5 Å². The number of hydrogen-bond donors (Lipinski definition) is 1. The van der Waals surface area contributed by atoms with E-state index in [-0.39, 0.29) is 43.8 Å². The lowest BCUT2D eigenvalue weighted by Gasteiger charge is -2.31. The SMILES string of the molecule is Cl.NCC(=O)OCC1CN2C(=O)CC2O1. The van der Waals surface area contributed by atoms with Crippen LogP contribution < -0.4 is 5.73 Å². The van der Waals surface area contributed by atoms with E-state index >= 15 is 0 Å². The van der Waals surface area contributed by atoms with Gasteiger partial charge in [0.2, 0.25) is 5.91 Å². The monoisotopic (exact) mass is 236 g/mol. The number of β-lactam (4-membered cyclic amide) rings is 1. The van der Waals surface area contributed by atoms with Crippen LogP contribution in [0.4, 0.5) is 0 Å². The number of nitrogens with two attached hydrogens (primary N) is 1. The second-order valence-electron chi connectivity index (χ2n) is 3.35. The molecule has 2 aliphatic heterocycles. The van der Waals surface area contributed by atoms with E-state index in [1.807, 2.05) is 0 Å². The third-order valence-electron chi connectivity index (χ3n) is 2.36. The summed E-state index contributed by atoms with van der Waals surface area (Å²) in [6.45, 7) is 0.566. The second kappa shape index (κ2) is 4.78. The molecule has 2 unspecified atom stereocenters. The first-order valence-corrected chi connectivity index (χ1v) is 4.51. The maximum atomic E-state index is 11.0. The first kappa shape index (κ1) is 12.2. The van der Waals surface area contributed by atoms with Crippen LogP contribution in [0, 0.1) is 0 Å². The lowest BCUT2D eigenvalue weighted by atomic mass is 10.2. The average Bonchev–Trinajstić information content (AvgIpc) is 2.51. The lowest BCUT2D eigenvalue weighted by molar-refractivity contribution is -0.159. The molecule has 0 saturated carbocycles. The van der Waals surface area contributed by atoms with Crippen molar-refractivity contribution >= 4 is 24.3 Å². The van der Waals surface area contributed by atoms with Gasteiger partial charge in [-0.15, -0.1) is 12.4 Å². The predicted octanol–water partition coefficient (Wildman–Crippen LogP) is -1.13. The van der Waals surface area contributed by atoms with Crippen molar-refractivity contribution in [2.45, 2.75) is 18.8 Å². The number of fused-ring (bicyclic) bond motifs is 1. The van der Waals surface area contributed by atoms with Gasteiger partial charge in [-0.2, -0.15) is 0 Å². The molecule has 2 N–H and O–H groups in total. The molecule has 86 valence electrons. The Balaban J connectivity index is 0.00000112. The highest BCUT2D eigenvalue weighted by atomic mass is 35.5. The van der Waals surface area contributed by atoms with Crippen LogP contribution in [0.1, 0.15) is 6.42 Å². The Bertz CT molecular complexity index is 273. The van der Waals surface area contributed by atoms with Crippen LogP contribution in [0.25, 0.3) is 0 Å². The minimum atomic E-state index is -0.450. The van der Waals surface area contributed by atoms with Gasteiger partial charge in [-0.1, -0.05) is 0 Å². The van der Waals surface area contributed by atoms with Crippen molar-refractivity contribution in [3.8, 4) is 0 Å². The van der Waals surface area contributed by atoms with Gasteiger partial charge < -0.3 is 20.1 Å². The van der Waals surface area contributed by atoms with Crippen molar-refractivity contribution in [1.82, 2.24) is 4.90 Å². The Labute approximate surface area is 93.1 Å². The zero-order valence-corrected chi connectivity index (χ0v) is 8.87. The Morgan fingerprint density at radius 2 is 2.40 bits per heavy atom. The first-order chi connectivity index (χ1) is 6.70. The zero-order valence-electron chi connectivity index (χ0n) is 8.05. The van der Waals surface area contributed by atoms with Crippen LogP contribution in [-0.4, -0.2) is 48.8 Å². The maximum Gasteiger partial charge on any atom is 0.319 e. The second-order valence-corrected chi connectivity index (χ2v) is 3.35. The fourth-order valence-electron chi connectivity index (χ4n) is 1.59. The molecule has 0 aliphatic carbocycles. The molecule has 0 aromatic heterocycles. The third-order valence-corrected chi connectivity index (χ3v) is 2.36. The van der Waals surface area contributed by atoms with Crippen LogP contribution in [0.3, 0.4) is 0 Å². The zero-order chi connectivity index (χ0) is 10.1. The molecule has 0 bridgehead atoms.